The first-order valence-electron chi connectivity index (χ1n) is 7.23. The number of aromatic nitrogens is 1. The molecule has 1 aromatic carbocycles. The molecule has 0 saturated heterocycles. The second-order valence-electron chi connectivity index (χ2n) is 5.28. The number of rotatable bonds is 5. The first-order valence-corrected chi connectivity index (χ1v) is 7.23. The van der Waals surface area contributed by atoms with Crippen LogP contribution in [0, 0.1) is 12.7 Å². The van der Waals surface area contributed by atoms with Gasteiger partial charge in [0, 0.05) is 24.0 Å². The predicted molar refractivity (Wildman–Crippen MR) is 84.7 cm³/mol. The number of nitrogens with zero attached hydrogens (tertiary/aromatic N) is 2. The average molecular weight is 287 g/mol. The fourth-order valence-corrected chi connectivity index (χ4v) is 2.43. The van der Waals surface area contributed by atoms with Gasteiger partial charge in [0.1, 0.15) is 5.82 Å². The van der Waals surface area contributed by atoms with Crippen molar-refractivity contribution in [3.05, 3.63) is 59.2 Å². The van der Waals surface area contributed by atoms with Crippen LogP contribution >= 0.6 is 0 Å². The maximum atomic E-state index is 13.5. The first-order chi connectivity index (χ1) is 10.0. The molecule has 4 heteroatoms. The number of pyridine rings is 1. The van der Waals surface area contributed by atoms with Gasteiger partial charge in [0.25, 0.3) is 0 Å². The second kappa shape index (κ2) is 6.68. The van der Waals surface area contributed by atoms with Gasteiger partial charge in [0.15, 0.2) is 0 Å². The molecule has 0 spiro atoms. The fraction of sp³-hybridized carbons (Fsp3) is 0.353. The fourth-order valence-electron chi connectivity index (χ4n) is 2.43. The molecule has 1 atom stereocenters. The van der Waals surface area contributed by atoms with Crippen LogP contribution in [0.2, 0.25) is 0 Å². The van der Waals surface area contributed by atoms with Gasteiger partial charge in [0.05, 0.1) is 12.2 Å². The Kier molecular flexibility index (Phi) is 4.91. The van der Waals surface area contributed by atoms with E-state index in [0.717, 1.165) is 29.2 Å². The van der Waals surface area contributed by atoms with Gasteiger partial charge in [-0.3, -0.25) is 4.98 Å². The van der Waals surface area contributed by atoms with Crippen molar-refractivity contribution in [3.63, 3.8) is 0 Å². The number of nitrogens with two attached hydrogens (primary N) is 1. The van der Waals surface area contributed by atoms with Crippen LogP contribution < -0.4 is 10.6 Å². The van der Waals surface area contributed by atoms with E-state index in [0.29, 0.717) is 6.54 Å². The predicted octanol–water partition coefficient (Wildman–Crippen LogP) is 3.58. The summed E-state index contributed by atoms with van der Waals surface area (Å²) in [5.41, 5.74) is 9.77. The molecule has 0 bridgehead atoms. The van der Waals surface area contributed by atoms with Gasteiger partial charge in [0.2, 0.25) is 0 Å². The van der Waals surface area contributed by atoms with Crippen LogP contribution in [0.4, 0.5) is 10.1 Å². The highest BCUT2D eigenvalue weighted by molar-refractivity contribution is 5.55. The molecule has 1 heterocycles. The minimum Gasteiger partial charge on any atom is -0.366 e. The molecule has 0 aliphatic rings. The van der Waals surface area contributed by atoms with Gasteiger partial charge < -0.3 is 10.6 Å². The zero-order chi connectivity index (χ0) is 15.4. The molecule has 0 aliphatic carbocycles. The number of aryl methyl sites for hydroxylation is 1. The average Bonchev–Trinajstić information content (AvgIpc) is 2.45. The lowest BCUT2D eigenvalue weighted by Gasteiger charge is -2.27. The van der Waals surface area contributed by atoms with Crippen LogP contribution in [0.15, 0.2) is 36.4 Å². The van der Waals surface area contributed by atoms with Gasteiger partial charge in [-0.05, 0) is 56.7 Å². The van der Waals surface area contributed by atoms with Crippen molar-refractivity contribution in [3.8, 4) is 0 Å². The van der Waals surface area contributed by atoms with E-state index >= 15 is 0 Å². The van der Waals surface area contributed by atoms with E-state index in [9.17, 15) is 4.39 Å². The van der Waals surface area contributed by atoms with E-state index in [1.54, 1.807) is 6.07 Å². The summed E-state index contributed by atoms with van der Waals surface area (Å²) in [6.45, 7) is 7.41. The van der Waals surface area contributed by atoms with Gasteiger partial charge >= 0.3 is 0 Å². The van der Waals surface area contributed by atoms with Crippen molar-refractivity contribution in [1.29, 1.82) is 0 Å². The number of hydrogen-bond acceptors (Lipinski definition) is 3. The van der Waals surface area contributed by atoms with E-state index in [1.165, 1.54) is 12.1 Å². The monoisotopic (exact) mass is 287 g/mol. The molecule has 0 amide bonds. The summed E-state index contributed by atoms with van der Waals surface area (Å²) in [5.74, 6) is -0.254. The number of benzene rings is 1. The van der Waals surface area contributed by atoms with Crippen LogP contribution in [-0.2, 0) is 6.54 Å². The van der Waals surface area contributed by atoms with Gasteiger partial charge in [-0.15, -0.1) is 0 Å². The van der Waals surface area contributed by atoms with Crippen molar-refractivity contribution in [1.82, 2.24) is 4.98 Å². The topological polar surface area (TPSA) is 42.2 Å². The van der Waals surface area contributed by atoms with E-state index in [1.807, 2.05) is 32.0 Å². The zero-order valence-corrected chi connectivity index (χ0v) is 12.8. The molecule has 112 valence electrons. The summed E-state index contributed by atoms with van der Waals surface area (Å²) in [5, 5.41) is 0. The largest absolute Gasteiger partial charge is 0.366 e. The van der Waals surface area contributed by atoms with Gasteiger partial charge in [-0.2, -0.15) is 0 Å². The van der Waals surface area contributed by atoms with Crippen LogP contribution in [0.1, 0.15) is 36.8 Å². The molecule has 2 aromatic rings. The Hall–Kier alpha value is -1.94. The van der Waals surface area contributed by atoms with Crippen LogP contribution in [-0.4, -0.2) is 11.5 Å². The van der Waals surface area contributed by atoms with E-state index in [2.05, 4.69) is 16.8 Å². The summed E-state index contributed by atoms with van der Waals surface area (Å²) in [6, 6.07) is 10.6. The summed E-state index contributed by atoms with van der Waals surface area (Å²) >= 11 is 0. The lowest BCUT2D eigenvalue weighted by atomic mass is 10.1. The summed E-state index contributed by atoms with van der Waals surface area (Å²) in [7, 11) is 0. The quantitative estimate of drug-likeness (QED) is 0.914. The first kappa shape index (κ1) is 15.4. The highest BCUT2D eigenvalue weighted by atomic mass is 19.1. The lowest BCUT2D eigenvalue weighted by molar-refractivity contribution is 0.621. The molecule has 0 aliphatic heterocycles. The third-order valence-electron chi connectivity index (χ3n) is 3.50. The van der Waals surface area contributed by atoms with Crippen molar-refractivity contribution in [2.24, 2.45) is 5.73 Å². The van der Waals surface area contributed by atoms with Crippen LogP contribution in [0.3, 0.4) is 0 Å². The van der Waals surface area contributed by atoms with Crippen molar-refractivity contribution in [2.45, 2.75) is 33.4 Å². The minimum atomic E-state index is -0.254. The SMILES string of the molecule is CCN(Cc1cccc(C)n1)c1ccc(F)cc1[C@H](C)N. The molecule has 0 unspecified atom stereocenters. The maximum Gasteiger partial charge on any atom is 0.123 e. The highest BCUT2D eigenvalue weighted by Crippen LogP contribution is 2.27. The molecule has 0 radical (unpaired) electrons. The Morgan fingerprint density at radius 3 is 2.67 bits per heavy atom. The zero-order valence-electron chi connectivity index (χ0n) is 12.8. The van der Waals surface area contributed by atoms with E-state index in [-0.39, 0.29) is 11.9 Å². The Morgan fingerprint density at radius 2 is 2.05 bits per heavy atom. The third kappa shape index (κ3) is 3.79. The van der Waals surface area contributed by atoms with Gasteiger partial charge in [-0.1, -0.05) is 6.07 Å². The standard InChI is InChI=1S/C17H22FN3/c1-4-21(11-15-7-5-6-12(2)20-15)17-9-8-14(18)10-16(17)13(3)19/h5-10,13H,4,11,19H2,1-3H3/t13-/m0/s1. The Balaban J connectivity index is 2.33. The molecule has 0 fully saturated rings. The van der Waals surface area contributed by atoms with Crippen molar-refractivity contribution in [2.75, 3.05) is 11.4 Å². The lowest BCUT2D eigenvalue weighted by Crippen LogP contribution is -2.25. The summed E-state index contributed by atoms with van der Waals surface area (Å²) < 4.78 is 13.5. The second-order valence-corrected chi connectivity index (χ2v) is 5.28. The molecule has 2 rings (SSSR count). The Bertz CT molecular complexity index is 611. The number of anilines is 1. The highest BCUT2D eigenvalue weighted by Gasteiger charge is 2.14. The molecule has 0 saturated carbocycles. The van der Waals surface area contributed by atoms with E-state index in [4.69, 9.17) is 5.73 Å². The van der Waals surface area contributed by atoms with Crippen molar-refractivity contribution >= 4 is 5.69 Å². The minimum absolute atomic E-state index is 0.213. The molecule has 3 nitrogen and oxygen atoms in total. The normalized spacial score (nSPS) is 12.2. The Labute approximate surface area is 125 Å². The smallest absolute Gasteiger partial charge is 0.123 e. The maximum absolute atomic E-state index is 13.5. The van der Waals surface area contributed by atoms with Crippen LogP contribution in [0.5, 0.6) is 0 Å². The third-order valence-corrected chi connectivity index (χ3v) is 3.50. The van der Waals surface area contributed by atoms with Gasteiger partial charge in [-0.25, -0.2) is 4.39 Å². The van der Waals surface area contributed by atoms with Crippen molar-refractivity contribution < 1.29 is 4.39 Å². The molecular formula is C17H22FN3. The molecular weight excluding hydrogens is 265 g/mol. The summed E-state index contributed by atoms with van der Waals surface area (Å²) in [6.07, 6.45) is 0. The van der Waals surface area contributed by atoms with Crippen LogP contribution in [0.25, 0.3) is 0 Å². The Morgan fingerprint density at radius 1 is 1.29 bits per heavy atom. The number of hydrogen-bond donors (Lipinski definition) is 1. The molecule has 21 heavy (non-hydrogen) atoms. The molecule has 2 N–H and O–H groups in total. The van der Waals surface area contributed by atoms with E-state index < -0.39 is 0 Å². The molecule has 1 aromatic heterocycles. The summed E-state index contributed by atoms with van der Waals surface area (Å²) in [4.78, 5) is 6.70. The number of halogens is 1.